The van der Waals surface area contributed by atoms with Gasteiger partial charge in [-0.2, -0.15) is 9.61 Å². The van der Waals surface area contributed by atoms with Crippen LogP contribution in [-0.2, 0) is 0 Å². The maximum absolute atomic E-state index is 5.82. The van der Waals surface area contributed by atoms with Gasteiger partial charge in [-0.3, -0.25) is 0 Å². The summed E-state index contributed by atoms with van der Waals surface area (Å²) in [6, 6.07) is 0. The second-order valence-electron chi connectivity index (χ2n) is 3.37. The highest BCUT2D eigenvalue weighted by Crippen LogP contribution is 2.26. The Hall–Kier alpha value is -1.98. The van der Waals surface area contributed by atoms with Crippen LogP contribution in [0.4, 0.5) is 11.5 Å². The molecule has 0 spiro atoms. The molecule has 0 saturated heterocycles. The molecule has 0 amide bonds. The molecule has 6 nitrogen and oxygen atoms in total. The van der Waals surface area contributed by atoms with Crippen LogP contribution in [0.1, 0.15) is 11.3 Å². The highest BCUT2D eigenvalue weighted by Gasteiger charge is 2.15. The molecule has 2 heterocycles. The molecular formula is C9H13N5O. The topological polar surface area (TPSA) is 91.5 Å². The number of nitrogens with two attached hydrogens (primary N) is 2. The van der Waals surface area contributed by atoms with Crippen molar-refractivity contribution < 1.29 is 4.74 Å². The lowest BCUT2D eigenvalue weighted by molar-refractivity contribution is 0.381. The van der Waals surface area contributed by atoms with E-state index in [0.717, 1.165) is 5.56 Å². The fourth-order valence-corrected chi connectivity index (χ4v) is 1.48. The number of nitrogens with zero attached hydrogens (tertiary/aromatic N) is 3. The molecule has 80 valence electrons. The van der Waals surface area contributed by atoms with Crippen molar-refractivity contribution in [2.45, 2.75) is 13.8 Å². The number of aromatic nitrogens is 3. The number of nitrogen functional groups attached to an aromatic ring is 2. The van der Waals surface area contributed by atoms with Gasteiger partial charge in [-0.15, -0.1) is 0 Å². The molecule has 0 radical (unpaired) electrons. The molecule has 0 saturated carbocycles. The number of aryl methyl sites for hydroxylation is 1. The van der Waals surface area contributed by atoms with Crippen LogP contribution in [0.3, 0.4) is 0 Å². The van der Waals surface area contributed by atoms with Gasteiger partial charge in [-0.1, -0.05) is 0 Å². The third kappa shape index (κ3) is 1.18. The predicted octanol–water partition coefficient (Wildman–Crippen LogP) is 0.519. The molecule has 0 aliphatic rings. The van der Waals surface area contributed by atoms with Crippen LogP contribution in [-0.4, -0.2) is 21.7 Å². The highest BCUT2D eigenvalue weighted by atomic mass is 16.5. The fourth-order valence-electron chi connectivity index (χ4n) is 1.48. The molecule has 15 heavy (non-hydrogen) atoms. The van der Waals surface area contributed by atoms with Gasteiger partial charge in [-0.25, -0.2) is 4.98 Å². The van der Waals surface area contributed by atoms with Gasteiger partial charge >= 0.3 is 0 Å². The maximum atomic E-state index is 5.82. The van der Waals surface area contributed by atoms with Crippen LogP contribution < -0.4 is 16.2 Å². The minimum Gasteiger partial charge on any atom is -0.481 e. The Morgan fingerprint density at radius 1 is 1.27 bits per heavy atom. The molecule has 0 atom stereocenters. The molecule has 0 aromatic carbocycles. The number of rotatable bonds is 1. The Morgan fingerprint density at radius 3 is 2.53 bits per heavy atom. The smallest absolute Gasteiger partial charge is 0.222 e. The Morgan fingerprint density at radius 2 is 1.93 bits per heavy atom. The van der Waals surface area contributed by atoms with Gasteiger partial charge in [0.2, 0.25) is 5.88 Å². The minimum absolute atomic E-state index is 0.408. The largest absolute Gasteiger partial charge is 0.481 e. The van der Waals surface area contributed by atoms with E-state index < -0.39 is 0 Å². The van der Waals surface area contributed by atoms with Gasteiger partial charge in [0.1, 0.15) is 11.5 Å². The molecule has 0 bridgehead atoms. The van der Waals surface area contributed by atoms with E-state index in [-0.39, 0.29) is 0 Å². The van der Waals surface area contributed by atoms with Crippen molar-refractivity contribution in [3.05, 3.63) is 11.3 Å². The first-order chi connectivity index (χ1) is 7.06. The zero-order chi connectivity index (χ0) is 11.2. The van der Waals surface area contributed by atoms with Crippen molar-refractivity contribution in [1.29, 1.82) is 0 Å². The van der Waals surface area contributed by atoms with Crippen molar-refractivity contribution in [2.75, 3.05) is 18.6 Å². The first-order valence-electron chi connectivity index (χ1n) is 4.51. The average Bonchev–Trinajstić information content (AvgIpc) is 2.47. The lowest BCUT2D eigenvalue weighted by Gasteiger charge is -2.08. The first kappa shape index (κ1) is 9.57. The summed E-state index contributed by atoms with van der Waals surface area (Å²) in [7, 11) is 1.56. The van der Waals surface area contributed by atoms with Gasteiger partial charge in [0.15, 0.2) is 5.65 Å². The van der Waals surface area contributed by atoms with Crippen molar-refractivity contribution in [2.24, 2.45) is 0 Å². The minimum atomic E-state index is 0.408. The van der Waals surface area contributed by atoms with E-state index in [9.17, 15) is 0 Å². The lowest BCUT2D eigenvalue weighted by Crippen LogP contribution is -2.05. The molecule has 2 aromatic rings. The summed E-state index contributed by atoms with van der Waals surface area (Å²) in [5, 5.41) is 4.23. The second-order valence-corrected chi connectivity index (χ2v) is 3.37. The summed E-state index contributed by atoms with van der Waals surface area (Å²) in [5.41, 5.74) is 14.1. The van der Waals surface area contributed by atoms with Gasteiger partial charge in [0.25, 0.3) is 0 Å². The summed E-state index contributed by atoms with van der Waals surface area (Å²) < 4.78 is 6.80. The third-order valence-electron chi connectivity index (χ3n) is 2.40. The molecule has 2 aromatic heterocycles. The SMILES string of the molecule is COc1c(C)c(N)nc2c(N)c(C)nn12. The van der Waals surface area contributed by atoms with Crippen molar-refractivity contribution in [3.8, 4) is 5.88 Å². The predicted molar refractivity (Wildman–Crippen MR) is 57.8 cm³/mol. The van der Waals surface area contributed by atoms with Crippen LogP contribution in [0, 0.1) is 13.8 Å². The Labute approximate surface area is 86.8 Å². The maximum Gasteiger partial charge on any atom is 0.222 e. The number of hydrogen-bond donors (Lipinski definition) is 2. The number of methoxy groups -OCH3 is 1. The molecule has 6 heteroatoms. The second kappa shape index (κ2) is 3.01. The van der Waals surface area contributed by atoms with E-state index in [4.69, 9.17) is 16.2 Å². The third-order valence-corrected chi connectivity index (χ3v) is 2.40. The van der Waals surface area contributed by atoms with Crippen molar-refractivity contribution in [3.63, 3.8) is 0 Å². The molecular weight excluding hydrogens is 194 g/mol. The van der Waals surface area contributed by atoms with E-state index >= 15 is 0 Å². The monoisotopic (exact) mass is 207 g/mol. The van der Waals surface area contributed by atoms with Crippen molar-refractivity contribution >= 4 is 17.2 Å². The van der Waals surface area contributed by atoms with E-state index in [0.29, 0.717) is 28.7 Å². The molecule has 0 aliphatic heterocycles. The van der Waals surface area contributed by atoms with Crippen LogP contribution in [0.25, 0.3) is 5.65 Å². The van der Waals surface area contributed by atoms with E-state index in [1.807, 2.05) is 13.8 Å². The summed E-state index contributed by atoms with van der Waals surface area (Å²) in [4.78, 5) is 4.18. The van der Waals surface area contributed by atoms with Gasteiger partial charge in [-0.05, 0) is 13.8 Å². The van der Waals surface area contributed by atoms with Gasteiger partial charge < -0.3 is 16.2 Å². The zero-order valence-electron chi connectivity index (χ0n) is 8.90. The summed E-state index contributed by atoms with van der Waals surface area (Å²) in [6.45, 7) is 3.64. The quantitative estimate of drug-likeness (QED) is 0.711. The van der Waals surface area contributed by atoms with Gasteiger partial charge in [0, 0.05) is 0 Å². The van der Waals surface area contributed by atoms with E-state index in [1.54, 1.807) is 11.6 Å². The number of hydrogen-bond acceptors (Lipinski definition) is 5. The van der Waals surface area contributed by atoms with Crippen LogP contribution in [0.2, 0.25) is 0 Å². The Balaban J connectivity index is 2.94. The Bertz CT molecular complexity index is 531. The molecule has 0 unspecified atom stereocenters. The average molecular weight is 207 g/mol. The number of fused-ring (bicyclic) bond motifs is 1. The van der Waals surface area contributed by atoms with E-state index in [2.05, 4.69) is 10.1 Å². The molecule has 0 aliphatic carbocycles. The highest BCUT2D eigenvalue weighted by molar-refractivity contribution is 5.70. The number of anilines is 2. The van der Waals surface area contributed by atoms with Gasteiger partial charge in [0.05, 0.1) is 18.4 Å². The Kier molecular flexibility index (Phi) is 1.92. The normalized spacial score (nSPS) is 10.9. The van der Waals surface area contributed by atoms with Crippen LogP contribution >= 0.6 is 0 Å². The van der Waals surface area contributed by atoms with Crippen LogP contribution in [0.5, 0.6) is 5.88 Å². The lowest BCUT2D eigenvalue weighted by atomic mass is 10.3. The van der Waals surface area contributed by atoms with Crippen LogP contribution in [0.15, 0.2) is 0 Å². The standard InChI is InChI=1S/C9H13N5O/c1-4-7(11)12-8-6(10)5(2)13-14(8)9(4)15-3/h10H2,1-3H3,(H2,11,12). The number of ether oxygens (including phenoxy) is 1. The first-order valence-corrected chi connectivity index (χ1v) is 4.51. The fraction of sp³-hybridized carbons (Fsp3) is 0.333. The van der Waals surface area contributed by atoms with Crippen molar-refractivity contribution in [1.82, 2.24) is 14.6 Å². The summed E-state index contributed by atoms with van der Waals surface area (Å²) >= 11 is 0. The van der Waals surface area contributed by atoms with E-state index in [1.165, 1.54) is 0 Å². The molecule has 0 fully saturated rings. The molecule has 4 N–H and O–H groups in total. The summed E-state index contributed by atoms with van der Waals surface area (Å²) in [5.74, 6) is 0.975. The summed E-state index contributed by atoms with van der Waals surface area (Å²) in [6.07, 6.45) is 0. The molecule has 2 rings (SSSR count). The zero-order valence-corrected chi connectivity index (χ0v) is 8.90.